The van der Waals surface area contributed by atoms with Crippen molar-refractivity contribution in [3.63, 3.8) is 0 Å². The van der Waals surface area contributed by atoms with Gasteiger partial charge in [0, 0.05) is 6.04 Å². The molecule has 0 aliphatic carbocycles. The fraction of sp³-hybridized carbons (Fsp3) is 0.300. The number of aryl methyl sites for hydroxylation is 1. The number of hydrogen-bond donors (Lipinski definition) is 3. The van der Waals surface area contributed by atoms with E-state index in [0.29, 0.717) is 12.3 Å². The minimum absolute atomic E-state index is 0.0322. The highest BCUT2D eigenvalue weighted by molar-refractivity contribution is 7.91. The van der Waals surface area contributed by atoms with Gasteiger partial charge in [0.15, 0.2) is 15.7 Å². The fourth-order valence-corrected chi connectivity index (χ4v) is 6.08. The maximum Gasteiger partial charge on any atom is 0.282 e. The average molecular weight is 467 g/mol. The first kappa shape index (κ1) is 22.4. The minimum Gasteiger partial charge on any atom is -0.339 e. The van der Waals surface area contributed by atoms with Crippen molar-refractivity contribution in [2.24, 2.45) is 0 Å². The van der Waals surface area contributed by atoms with E-state index < -0.39 is 19.7 Å². The van der Waals surface area contributed by atoms with Crippen LogP contribution in [0.4, 0.5) is 0 Å². The van der Waals surface area contributed by atoms with Gasteiger partial charge < -0.3 is 5.32 Å². The molecule has 10 heteroatoms. The second kappa shape index (κ2) is 9.23. The normalized spacial score (nSPS) is 18.7. The van der Waals surface area contributed by atoms with Crippen LogP contribution in [0.2, 0.25) is 0 Å². The monoisotopic (exact) mass is 466 g/mol. The molecule has 0 unspecified atom stereocenters. The molecule has 0 aromatic heterocycles. The van der Waals surface area contributed by atoms with Crippen LogP contribution in [0.25, 0.3) is 0 Å². The molecule has 0 spiro atoms. The predicted molar refractivity (Wildman–Crippen MR) is 121 cm³/mol. The van der Waals surface area contributed by atoms with Crippen molar-refractivity contribution in [3.8, 4) is 0 Å². The summed E-state index contributed by atoms with van der Waals surface area (Å²) in [5, 5.41) is 6.24. The Balaban J connectivity index is 1.79. The van der Waals surface area contributed by atoms with Crippen molar-refractivity contribution < 1.29 is 21.8 Å². The molecule has 2 aromatic rings. The van der Waals surface area contributed by atoms with Crippen molar-refractivity contribution in [2.75, 3.05) is 17.4 Å². The van der Waals surface area contributed by atoms with Gasteiger partial charge in [0.25, 0.3) is 10.9 Å². The lowest BCUT2D eigenvalue weighted by Gasteiger charge is -2.12. The molecule has 3 N–H and O–H groups in total. The molecular weight excluding hydrogens is 442 g/mol. The Morgan fingerprint density at radius 2 is 1.80 bits per heavy atom. The smallest absolute Gasteiger partial charge is 0.282 e. The van der Waals surface area contributed by atoms with Crippen LogP contribution in [0.3, 0.4) is 0 Å². The van der Waals surface area contributed by atoms with Crippen molar-refractivity contribution in [2.45, 2.75) is 24.3 Å². The molecule has 3 rings (SSSR count). The van der Waals surface area contributed by atoms with Gasteiger partial charge in [-0.25, -0.2) is 22.2 Å². The van der Waals surface area contributed by atoms with Gasteiger partial charge in [0.05, 0.1) is 22.0 Å². The molecule has 1 heterocycles. The van der Waals surface area contributed by atoms with E-state index in [1.54, 1.807) is 30.3 Å². The van der Waals surface area contributed by atoms with Crippen LogP contribution >= 0.6 is 12.2 Å². The molecule has 0 saturated carbocycles. The zero-order valence-electron chi connectivity index (χ0n) is 16.5. The second-order valence-corrected chi connectivity index (χ2v) is 11.8. The predicted octanol–water partition coefficient (Wildman–Crippen LogP) is -0.0952. The number of amidine groups is 1. The van der Waals surface area contributed by atoms with E-state index in [-0.39, 0.29) is 33.4 Å². The molecule has 2 aromatic carbocycles. The van der Waals surface area contributed by atoms with E-state index in [4.69, 9.17) is 12.2 Å². The minimum atomic E-state index is -3.56. The first-order valence-corrected chi connectivity index (χ1v) is 13.3. The van der Waals surface area contributed by atoms with Crippen LogP contribution in [0.5, 0.6) is 0 Å². The second-order valence-electron chi connectivity index (χ2n) is 7.19. The number of benzene rings is 2. The van der Waals surface area contributed by atoms with Gasteiger partial charge in [-0.2, -0.15) is 0 Å². The summed E-state index contributed by atoms with van der Waals surface area (Å²) in [6, 6.07) is 15.4. The van der Waals surface area contributed by atoms with E-state index in [0.717, 1.165) is 11.1 Å². The lowest BCUT2D eigenvalue weighted by atomic mass is 10.1. The van der Waals surface area contributed by atoms with Crippen LogP contribution in [0.1, 0.15) is 17.5 Å². The van der Waals surface area contributed by atoms with Crippen molar-refractivity contribution in [1.82, 2.24) is 10.6 Å². The van der Waals surface area contributed by atoms with Crippen molar-refractivity contribution in [3.05, 3.63) is 65.7 Å². The zero-order chi connectivity index (χ0) is 21.8. The quantitative estimate of drug-likeness (QED) is 0.321. The maximum atomic E-state index is 12.6. The highest BCUT2D eigenvalue weighted by Crippen LogP contribution is 2.11. The van der Waals surface area contributed by atoms with Gasteiger partial charge in [-0.1, -0.05) is 35.9 Å². The first-order chi connectivity index (χ1) is 14.1. The molecule has 0 bridgehead atoms. The molecule has 1 aliphatic heterocycles. The van der Waals surface area contributed by atoms with Crippen LogP contribution < -0.4 is 15.6 Å². The lowest BCUT2D eigenvalue weighted by Crippen LogP contribution is -2.78. The highest BCUT2D eigenvalue weighted by atomic mass is 32.2. The van der Waals surface area contributed by atoms with Gasteiger partial charge in [-0.05, 0) is 49.8 Å². The van der Waals surface area contributed by atoms with Crippen molar-refractivity contribution in [1.29, 1.82) is 0 Å². The van der Waals surface area contributed by atoms with Gasteiger partial charge in [0.1, 0.15) is 0 Å². The molecule has 0 amide bonds. The van der Waals surface area contributed by atoms with Gasteiger partial charge >= 0.3 is 0 Å². The summed E-state index contributed by atoms with van der Waals surface area (Å²) >= 11 is 5.34. The largest absolute Gasteiger partial charge is 0.339 e. The summed E-state index contributed by atoms with van der Waals surface area (Å²) < 4.78 is 48.6. The molecule has 1 atom stereocenters. The Bertz CT molecular complexity index is 1140. The number of sulfone groups is 2. The summed E-state index contributed by atoms with van der Waals surface area (Å²) in [7, 11) is -6.60. The molecule has 1 fully saturated rings. The number of hydrogen-bond acceptors (Lipinski definition) is 5. The van der Waals surface area contributed by atoms with Gasteiger partial charge in [0.2, 0.25) is 9.84 Å². The molecule has 1 aliphatic rings. The van der Waals surface area contributed by atoms with E-state index in [1.807, 2.05) is 31.2 Å². The summed E-state index contributed by atoms with van der Waals surface area (Å²) in [6.45, 7) is 1.96. The number of rotatable bonds is 5. The first-order valence-electron chi connectivity index (χ1n) is 9.38. The van der Waals surface area contributed by atoms with Crippen LogP contribution in [0.15, 0.2) is 59.5 Å². The molecular formula is C20H24N3O4S3+. The maximum absolute atomic E-state index is 12.6. The van der Waals surface area contributed by atoms with E-state index in [2.05, 4.69) is 15.6 Å². The fourth-order valence-electron chi connectivity index (χ4n) is 3.06. The molecule has 0 radical (unpaired) electrons. The van der Waals surface area contributed by atoms with E-state index >= 15 is 0 Å². The average Bonchev–Trinajstić information content (AvgIpc) is 3.04. The summed E-state index contributed by atoms with van der Waals surface area (Å²) in [5.74, 6) is 0.265. The summed E-state index contributed by atoms with van der Waals surface area (Å²) in [6.07, 6.45) is 0.486. The van der Waals surface area contributed by atoms with Crippen LogP contribution in [-0.2, 0) is 19.7 Å². The SMILES string of the molecule is Cc1ccc(C(NC(=S)N[C@@H]2CCS(=O)(=O)C2)=[NH+]CS(=O)(=O)c2ccccc2)cc1. The van der Waals surface area contributed by atoms with Crippen molar-refractivity contribution >= 4 is 42.8 Å². The molecule has 160 valence electrons. The standard InChI is InChI=1S/C20H23N3O4S3/c1-15-7-9-16(10-8-15)19(21-14-30(26,27)18-5-3-2-4-6-18)23-20(28)22-17-11-12-29(24,25)13-17/h2-10,17H,11-14H2,1H3,(H2,21,22,23,28)/p+1/t17-/m1/s1. The molecule has 30 heavy (non-hydrogen) atoms. The molecule has 1 saturated heterocycles. The van der Waals surface area contributed by atoms with E-state index in [1.165, 1.54) is 0 Å². The van der Waals surface area contributed by atoms with E-state index in [9.17, 15) is 16.8 Å². The van der Waals surface area contributed by atoms with Crippen LogP contribution in [0, 0.1) is 6.92 Å². The topological polar surface area (TPSA) is 106 Å². The number of nitrogens with one attached hydrogen (secondary N) is 3. The van der Waals surface area contributed by atoms with Gasteiger partial charge in [-0.15, -0.1) is 0 Å². The molecule has 7 nitrogen and oxygen atoms in total. The third-order valence-corrected chi connectivity index (χ3v) is 8.19. The highest BCUT2D eigenvalue weighted by Gasteiger charge is 2.29. The lowest BCUT2D eigenvalue weighted by molar-refractivity contribution is -0.434. The Kier molecular flexibility index (Phi) is 6.89. The Morgan fingerprint density at radius 3 is 2.40 bits per heavy atom. The Morgan fingerprint density at radius 1 is 1.13 bits per heavy atom. The van der Waals surface area contributed by atoms with Gasteiger partial charge in [-0.3, -0.25) is 4.99 Å². The third kappa shape index (κ3) is 6.10. The zero-order valence-corrected chi connectivity index (χ0v) is 18.9. The summed E-state index contributed by atoms with van der Waals surface area (Å²) in [5.41, 5.74) is 1.79. The van der Waals surface area contributed by atoms with Crippen LogP contribution in [-0.4, -0.2) is 51.2 Å². The Labute approximate surface area is 182 Å². The Hall–Kier alpha value is -2.30. The summed E-state index contributed by atoms with van der Waals surface area (Å²) in [4.78, 5) is 3.16. The number of thiocarbonyl (C=S) groups is 1. The third-order valence-electron chi connectivity index (χ3n) is 4.69.